The lowest BCUT2D eigenvalue weighted by Gasteiger charge is -2.05. The number of aromatic nitrogens is 2. The van der Waals surface area contributed by atoms with Gasteiger partial charge in [-0.05, 0) is 47.9 Å². The zero-order chi connectivity index (χ0) is 27.6. The number of hydrogen-bond donors (Lipinski definition) is 0. The first kappa shape index (κ1) is 28.4. The average molecular weight is 565 g/mol. The van der Waals surface area contributed by atoms with Crippen LogP contribution >= 0.6 is 22.7 Å². The van der Waals surface area contributed by atoms with E-state index in [1.807, 2.05) is 11.0 Å². The number of aryl methyl sites for hydroxylation is 2. The lowest BCUT2D eigenvalue weighted by molar-refractivity contribution is 0.667. The fourth-order valence-electron chi connectivity index (χ4n) is 5.24. The van der Waals surface area contributed by atoms with E-state index in [1.165, 1.54) is 107 Å². The summed E-state index contributed by atoms with van der Waals surface area (Å²) in [5.74, 6) is 0. The Morgan fingerprint density at radius 3 is 1.35 bits per heavy atom. The molecule has 40 heavy (non-hydrogen) atoms. The second-order valence-electron chi connectivity index (χ2n) is 10.7. The minimum absolute atomic E-state index is 1.06. The highest BCUT2D eigenvalue weighted by Crippen LogP contribution is 2.38. The van der Waals surface area contributed by atoms with Gasteiger partial charge >= 0.3 is 0 Å². The van der Waals surface area contributed by atoms with Crippen molar-refractivity contribution in [2.75, 3.05) is 0 Å². The lowest BCUT2D eigenvalue weighted by Crippen LogP contribution is -1.87. The summed E-state index contributed by atoms with van der Waals surface area (Å²) in [7, 11) is 0. The molecule has 2 heterocycles. The summed E-state index contributed by atoms with van der Waals surface area (Å²) in [5.41, 5.74) is 13.7. The van der Waals surface area contributed by atoms with E-state index < -0.39 is 0 Å². The largest absolute Gasteiger partial charge is 0.244 e. The van der Waals surface area contributed by atoms with Crippen LogP contribution in [-0.2, 0) is 12.8 Å². The van der Waals surface area contributed by atoms with Crippen molar-refractivity contribution in [1.82, 2.24) is 9.97 Å². The highest BCUT2D eigenvalue weighted by Gasteiger charge is 2.15. The van der Waals surface area contributed by atoms with Crippen LogP contribution in [-0.4, -0.2) is 9.97 Å². The second kappa shape index (κ2) is 14.5. The predicted octanol–water partition coefficient (Wildman–Crippen LogP) is 11.5. The Bertz CT molecular complexity index is 1390. The van der Waals surface area contributed by atoms with Crippen molar-refractivity contribution in [1.29, 1.82) is 0 Å². The molecular formula is C36H40N2S2. The molecular weight excluding hydrogens is 525 g/mol. The Hall–Kier alpha value is -3.08. The van der Waals surface area contributed by atoms with E-state index in [-0.39, 0.29) is 0 Å². The zero-order valence-electron chi connectivity index (χ0n) is 23.9. The summed E-state index contributed by atoms with van der Waals surface area (Å²) < 4.78 is 2.40. The summed E-state index contributed by atoms with van der Waals surface area (Å²) in [6.07, 6.45) is 21.7. The van der Waals surface area contributed by atoms with Crippen LogP contribution in [0.3, 0.4) is 0 Å². The van der Waals surface area contributed by atoms with Gasteiger partial charge in [0.1, 0.15) is 0 Å². The molecule has 0 radical (unpaired) electrons. The molecule has 206 valence electrons. The van der Waals surface area contributed by atoms with Gasteiger partial charge in [-0.1, -0.05) is 125 Å². The minimum Gasteiger partial charge on any atom is -0.244 e. The third-order valence-corrected chi connectivity index (χ3v) is 9.34. The van der Waals surface area contributed by atoms with Crippen LogP contribution in [0.4, 0.5) is 0 Å². The van der Waals surface area contributed by atoms with Crippen molar-refractivity contribution in [3.63, 3.8) is 0 Å². The molecule has 4 heteroatoms. The summed E-state index contributed by atoms with van der Waals surface area (Å²) >= 11 is 3.40. The van der Waals surface area contributed by atoms with E-state index >= 15 is 0 Å². The van der Waals surface area contributed by atoms with Crippen LogP contribution < -0.4 is 0 Å². The molecule has 0 aliphatic rings. The molecule has 0 unspecified atom stereocenters. The van der Waals surface area contributed by atoms with Crippen LogP contribution in [0.2, 0.25) is 0 Å². The van der Waals surface area contributed by atoms with Crippen molar-refractivity contribution < 1.29 is 0 Å². The topological polar surface area (TPSA) is 25.8 Å². The molecule has 5 rings (SSSR count). The van der Waals surface area contributed by atoms with Crippen molar-refractivity contribution in [3.05, 3.63) is 92.9 Å². The normalized spacial score (nSPS) is 12.1. The van der Waals surface area contributed by atoms with Gasteiger partial charge in [0.2, 0.25) is 0 Å². The highest BCUT2D eigenvalue weighted by atomic mass is 32.1. The Morgan fingerprint density at radius 2 is 0.950 bits per heavy atom. The molecule has 0 N–H and O–H groups in total. The van der Waals surface area contributed by atoms with Gasteiger partial charge < -0.3 is 0 Å². The van der Waals surface area contributed by atoms with Gasteiger partial charge in [0, 0.05) is 11.1 Å². The van der Waals surface area contributed by atoms with Gasteiger partial charge in [0.05, 0.1) is 31.5 Å². The molecule has 0 fully saturated rings. The lowest BCUT2D eigenvalue weighted by atomic mass is 10.0. The average Bonchev–Trinajstić information content (AvgIpc) is 3.67. The van der Waals surface area contributed by atoms with Crippen molar-refractivity contribution in [3.8, 4) is 0 Å². The second-order valence-corrected chi connectivity index (χ2v) is 12.4. The maximum Gasteiger partial charge on any atom is 0.0906 e. The van der Waals surface area contributed by atoms with Crippen molar-refractivity contribution >= 4 is 67.4 Å². The Kier molecular flexibility index (Phi) is 10.3. The minimum atomic E-state index is 1.06. The molecule has 0 amide bonds. The van der Waals surface area contributed by atoms with Gasteiger partial charge in [-0.25, -0.2) is 9.97 Å². The molecule has 0 bridgehead atoms. The Labute approximate surface area is 247 Å². The molecule has 0 saturated carbocycles. The first-order valence-corrected chi connectivity index (χ1v) is 16.7. The Balaban J connectivity index is 1.35. The smallest absolute Gasteiger partial charge is 0.0906 e. The summed E-state index contributed by atoms with van der Waals surface area (Å²) in [5, 5.41) is 0. The van der Waals surface area contributed by atoms with Gasteiger partial charge in [-0.3, -0.25) is 0 Å². The maximum atomic E-state index is 4.80. The van der Waals surface area contributed by atoms with E-state index in [4.69, 9.17) is 9.97 Å². The van der Waals surface area contributed by atoms with Gasteiger partial charge in [0.25, 0.3) is 0 Å². The van der Waals surface area contributed by atoms with Crippen LogP contribution in [0.15, 0.2) is 59.6 Å². The number of unbranched alkanes of at least 4 members (excludes halogenated alkanes) is 6. The number of rotatable bonds is 14. The van der Waals surface area contributed by atoms with Gasteiger partial charge in [-0.2, -0.15) is 0 Å². The van der Waals surface area contributed by atoms with Gasteiger partial charge in [0.15, 0.2) is 0 Å². The van der Waals surface area contributed by atoms with E-state index in [0.29, 0.717) is 0 Å². The molecule has 0 aliphatic carbocycles. The molecule has 0 aliphatic heterocycles. The van der Waals surface area contributed by atoms with E-state index in [9.17, 15) is 0 Å². The summed E-state index contributed by atoms with van der Waals surface area (Å²) in [6.45, 7) is 4.53. The van der Waals surface area contributed by atoms with Gasteiger partial charge in [-0.15, -0.1) is 22.7 Å². The number of thiazole rings is 2. The molecule has 0 atom stereocenters. The monoisotopic (exact) mass is 564 g/mol. The molecule has 3 aromatic carbocycles. The molecule has 0 spiro atoms. The maximum absolute atomic E-state index is 4.80. The van der Waals surface area contributed by atoms with E-state index in [0.717, 1.165) is 11.0 Å². The van der Waals surface area contributed by atoms with Crippen LogP contribution in [0.5, 0.6) is 0 Å². The first-order valence-electron chi connectivity index (χ1n) is 14.9. The van der Waals surface area contributed by atoms with E-state index in [1.54, 1.807) is 22.7 Å². The fraction of sp³-hybridized carbons (Fsp3) is 0.333. The number of benzene rings is 3. The molecule has 0 saturated heterocycles. The van der Waals surface area contributed by atoms with Crippen LogP contribution in [0.1, 0.15) is 98.6 Å². The first-order chi connectivity index (χ1) is 19.8. The summed E-state index contributed by atoms with van der Waals surface area (Å²) in [6, 6.07) is 18.1. The third kappa shape index (κ3) is 7.16. The van der Waals surface area contributed by atoms with Crippen molar-refractivity contribution in [2.24, 2.45) is 0 Å². The zero-order valence-corrected chi connectivity index (χ0v) is 25.5. The quantitative estimate of drug-likeness (QED) is 0.0990. The third-order valence-electron chi connectivity index (χ3n) is 7.62. The molecule has 5 aromatic rings. The van der Waals surface area contributed by atoms with Crippen LogP contribution in [0.25, 0.3) is 44.7 Å². The molecule has 2 aromatic heterocycles. The van der Waals surface area contributed by atoms with Crippen LogP contribution in [0, 0.1) is 0 Å². The summed E-state index contributed by atoms with van der Waals surface area (Å²) in [4.78, 5) is 9.61. The Morgan fingerprint density at radius 1 is 0.525 bits per heavy atom. The fourth-order valence-corrected chi connectivity index (χ4v) is 6.90. The van der Waals surface area contributed by atoms with E-state index in [2.05, 4.69) is 86.7 Å². The van der Waals surface area contributed by atoms with Crippen molar-refractivity contribution in [2.45, 2.75) is 78.1 Å². The number of hydrogen-bond acceptors (Lipinski definition) is 4. The number of fused-ring (bicyclic) bond motifs is 2. The standard InChI is InChI=1S/C36H40N2S2/c1-3-5-7-9-11-27-13-17-29(18-14-27)21-23-31-33-36(40-25-37-33)32(34-35(31)39-26-38-34)24-22-30-19-15-28(16-20-30)12-10-8-6-4-2/h13-26H,3-12H2,1-2H3. The highest BCUT2D eigenvalue weighted by molar-refractivity contribution is 7.19. The predicted molar refractivity (Wildman–Crippen MR) is 179 cm³/mol. The number of nitrogens with zero attached hydrogens (tertiary/aromatic N) is 2. The molecule has 2 nitrogen and oxygen atoms in total. The SMILES string of the molecule is CCCCCCc1ccc(C=Cc2c3ncsc3c(C=Cc3ccc(CCCCCC)cc3)c3ncsc23)cc1.